The van der Waals surface area contributed by atoms with Gasteiger partial charge in [0.2, 0.25) is 5.91 Å². The molecule has 0 spiro atoms. The maximum atomic E-state index is 13.1. The van der Waals surface area contributed by atoms with Crippen LogP contribution >= 0.6 is 11.3 Å². The summed E-state index contributed by atoms with van der Waals surface area (Å²) in [5.74, 6) is 0.160. The average molecular weight is 371 g/mol. The summed E-state index contributed by atoms with van der Waals surface area (Å²) in [7, 11) is 0. The second-order valence-corrected chi connectivity index (χ2v) is 7.69. The van der Waals surface area contributed by atoms with E-state index in [4.69, 9.17) is 4.42 Å². The van der Waals surface area contributed by atoms with Gasteiger partial charge in [-0.05, 0) is 54.8 Å². The van der Waals surface area contributed by atoms with Crippen molar-refractivity contribution in [2.45, 2.75) is 30.9 Å². The van der Waals surface area contributed by atoms with E-state index >= 15 is 0 Å². The molecule has 2 aromatic heterocycles. The predicted octanol–water partition coefficient (Wildman–Crippen LogP) is 3.91. The van der Waals surface area contributed by atoms with Crippen LogP contribution < -0.4 is 5.32 Å². The fourth-order valence-electron chi connectivity index (χ4n) is 3.10. The summed E-state index contributed by atoms with van der Waals surface area (Å²) in [6, 6.07) is 13.4. The predicted molar refractivity (Wildman–Crippen MR) is 96.2 cm³/mol. The van der Waals surface area contributed by atoms with Gasteiger partial charge in [-0.25, -0.2) is 4.39 Å². The largest absolute Gasteiger partial charge is 0.466 e. The Bertz CT molecular complexity index is 898. The molecule has 2 N–H and O–H groups in total. The highest BCUT2D eigenvalue weighted by Crippen LogP contribution is 2.48. The molecule has 0 saturated heterocycles. The summed E-state index contributed by atoms with van der Waals surface area (Å²) in [6.45, 7) is 0.400. The van der Waals surface area contributed by atoms with Crippen LogP contribution in [0.3, 0.4) is 0 Å². The number of aliphatic hydroxyl groups is 1. The van der Waals surface area contributed by atoms with E-state index in [0.29, 0.717) is 12.3 Å². The van der Waals surface area contributed by atoms with Crippen LogP contribution in [0, 0.1) is 5.82 Å². The van der Waals surface area contributed by atoms with Crippen molar-refractivity contribution < 1.29 is 18.7 Å². The van der Waals surface area contributed by atoms with Crippen molar-refractivity contribution in [1.82, 2.24) is 5.32 Å². The Balaban J connectivity index is 1.40. The van der Waals surface area contributed by atoms with Crippen LogP contribution in [-0.4, -0.2) is 11.0 Å². The van der Waals surface area contributed by atoms with E-state index < -0.39 is 11.5 Å². The van der Waals surface area contributed by atoms with Crippen LogP contribution in [0.15, 0.2) is 59.2 Å². The molecule has 0 bridgehead atoms. The second-order valence-electron chi connectivity index (χ2n) is 6.49. The van der Waals surface area contributed by atoms with Gasteiger partial charge in [-0.1, -0.05) is 12.1 Å². The normalized spacial score (nSPS) is 16.2. The fourth-order valence-corrected chi connectivity index (χ4v) is 4.05. The van der Waals surface area contributed by atoms with E-state index in [0.717, 1.165) is 28.2 Å². The van der Waals surface area contributed by atoms with E-state index in [-0.39, 0.29) is 11.7 Å². The highest BCUT2D eigenvalue weighted by atomic mass is 32.1. The van der Waals surface area contributed by atoms with Gasteiger partial charge in [0.1, 0.15) is 17.7 Å². The van der Waals surface area contributed by atoms with Gasteiger partial charge >= 0.3 is 0 Å². The number of benzene rings is 1. The third kappa shape index (κ3) is 3.18. The van der Waals surface area contributed by atoms with Crippen molar-refractivity contribution in [1.29, 1.82) is 0 Å². The molecule has 1 aromatic carbocycles. The van der Waals surface area contributed by atoms with Crippen LogP contribution in [0.4, 0.5) is 4.39 Å². The van der Waals surface area contributed by atoms with Crippen LogP contribution in [-0.2, 0) is 16.8 Å². The molecule has 3 aromatic rings. The molecular formula is C20H18FNO3S. The summed E-state index contributed by atoms with van der Waals surface area (Å²) < 4.78 is 18.3. The molecular weight excluding hydrogens is 353 g/mol. The number of rotatable bonds is 6. The molecule has 0 radical (unpaired) electrons. The molecule has 1 aliphatic rings. The maximum Gasteiger partial charge on any atom is 0.230 e. The average Bonchev–Trinajstić information content (AvgIpc) is 3.08. The van der Waals surface area contributed by atoms with Crippen LogP contribution in [0.5, 0.6) is 0 Å². The summed E-state index contributed by atoms with van der Waals surface area (Å²) in [4.78, 5) is 14.4. The number of hydrogen-bond acceptors (Lipinski definition) is 4. The van der Waals surface area contributed by atoms with E-state index in [1.807, 2.05) is 12.1 Å². The zero-order valence-electron chi connectivity index (χ0n) is 13.9. The van der Waals surface area contributed by atoms with Gasteiger partial charge < -0.3 is 14.8 Å². The van der Waals surface area contributed by atoms with E-state index in [9.17, 15) is 14.3 Å². The summed E-state index contributed by atoms with van der Waals surface area (Å²) in [5, 5.41) is 13.3. The standard InChI is InChI=1S/C20H18FNO3S/c21-14-5-3-13(4-6-14)20(9-10-20)19(24)22-12-15-7-8-17(26-15)18(23)16-2-1-11-25-16/h1-8,11,18,23H,9-10,12H2,(H,22,24). The molecule has 4 rings (SSSR count). The Morgan fingerprint density at radius 1 is 1.23 bits per heavy atom. The Morgan fingerprint density at radius 3 is 2.65 bits per heavy atom. The molecule has 26 heavy (non-hydrogen) atoms. The summed E-state index contributed by atoms with van der Waals surface area (Å²) in [6.07, 6.45) is 2.28. The second kappa shape index (κ2) is 6.70. The molecule has 1 atom stereocenters. The molecule has 1 unspecified atom stereocenters. The van der Waals surface area contributed by atoms with Crippen molar-refractivity contribution in [3.8, 4) is 0 Å². The van der Waals surface area contributed by atoms with Crippen molar-refractivity contribution >= 4 is 17.2 Å². The summed E-state index contributed by atoms with van der Waals surface area (Å²) >= 11 is 1.44. The molecule has 0 aliphatic heterocycles. The first-order valence-corrected chi connectivity index (χ1v) is 9.24. The Morgan fingerprint density at radius 2 is 2.00 bits per heavy atom. The van der Waals surface area contributed by atoms with Crippen LogP contribution in [0.2, 0.25) is 0 Å². The first-order chi connectivity index (χ1) is 12.6. The highest BCUT2D eigenvalue weighted by molar-refractivity contribution is 7.12. The van der Waals surface area contributed by atoms with Crippen molar-refractivity contribution in [2.24, 2.45) is 0 Å². The van der Waals surface area contributed by atoms with Gasteiger partial charge in [0, 0.05) is 9.75 Å². The molecule has 1 fully saturated rings. The number of nitrogens with one attached hydrogen (secondary N) is 1. The lowest BCUT2D eigenvalue weighted by atomic mass is 9.95. The number of furan rings is 1. The Labute approximate surface area is 154 Å². The van der Waals surface area contributed by atoms with Gasteiger partial charge in [0.25, 0.3) is 0 Å². The van der Waals surface area contributed by atoms with Gasteiger partial charge in [-0.2, -0.15) is 0 Å². The molecule has 1 amide bonds. The SMILES string of the molecule is O=C(NCc1ccc(C(O)c2ccco2)s1)C1(c2ccc(F)cc2)CC1. The number of amides is 1. The monoisotopic (exact) mass is 371 g/mol. The number of carbonyl (C=O) groups excluding carboxylic acids is 1. The minimum Gasteiger partial charge on any atom is -0.466 e. The van der Waals surface area contributed by atoms with Crippen LogP contribution in [0.1, 0.15) is 40.0 Å². The minimum atomic E-state index is -0.798. The van der Waals surface area contributed by atoms with Crippen molar-refractivity contribution in [3.05, 3.63) is 81.7 Å². The lowest BCUT2D eigenvalue weighted by molar-refractivity contribution is -0.123. The number of hydrogen-bond donors (Lipinski definition) is 2. The third-order valence-corrected chi connectivity index (χ3v) is 5.91. The zero-order valence-corrected chi connectivity index (χ0v) is 14.8. The van der Waals surface area contributed by atoms with E-state index in [1.54, 1.807) is 24.3 Å². The molecule has 2 heterocycles. The Kier molecular flexibility index (Phi) is 4.38. The topological polar surface area (TPSA) is 62.5 Å². The number of thiophene rings is 1. The molecule has 6 heteroatoms. The van der Waals surface area contributed by atoms with Gasteiger partial charge in [-0.15, -0.1) is 11.3 Å². The van der Waals surface area contributed by atoms with E-state index in [1.165, 1.54) is 29.7 Å². The minimum absolute atomic E-state index is 0.0364. The fraction of sp³-hybridized carbons (Fsp3) is 0.250. The van der Waals surface area contributed by atoms with Crippen molar-refractivity contribution in [3.63, 3.8) is 0 Å². The lowest BCUT2D eigenvalue weighted by Crippen LogP contribution is -2.34. The van der Waals surface area contributed by atoms with Gasteiger partial charge in [0.05, 0.1) is 18.2 Å². The number of halogens is 1. The molecule has 1 aliphatic carbocycles. The lowest BCUT2D eigenvalue weighted by Gasteiger charge is -2.15. The first kappa shape index (κ1) is 17.0. The van der Waals surface area contributed by atoms with E-state index in [2.05, 4.69) is 5.32 Å². The van der Waals surface area contributed by atoms with Gasteiger partial charge in [-0.3, -0.25) is 4.79 Å². The summed E-state index contributed by atoms with van der Waals surface area (Å²) in [5.41, 5.74) is 0.332. The quantitative estimate of drug-likeness (QED) is 0.691. The smallest absolute Gasteiger partial charge is 0.230 e. The molecule has 4 nitrogen and oxygen atoms in total. The number of carbonyl (C=O) groups is 1. The zero-order chi connectivity index (χ0) is 18.1. The third-order valence-electron chi connectivity index (χ3n) is 4.77. The molecule has 134 valence electrons. The van der Waals surface area contributed by atoms with Gasteiger partial charge in [0.15, 0.2) is 0 Å². The van der Waals surface area contributed by atoms with Crippen LogP contribution in [0.25, 0.3) is 0 Å². The molecule has 1 saturated carbocycles. The Hall–Kier alpha value is -2.44. The maximum absolute atomic E-state index is 13.1. The number of aliphatic hydroxyl groups excluding tert-OH is 1. The highest BCUT2D eigenvalue weighted by Gasteiger charge is 2.51. The van der Waals surface area contributed by atoms with Crippen molar-refractivity contribution in [2.75, 3.05) is 0 Å². The first-order valence-electron chi connectivity index (χ1n) is 8.43.